The van der Waals surface area contributed by atoms with Crippen molar-refractivity contribution in [3.05, 3.63) is 83.4 Å². The Kier molecular flexibility index (Phi) is 4.69. The molecule has 0 N–H and O–H groups in total. The number of rotatable bonds is 2. The maximum absolute atomic E-state index is 13.8. The lowest BCUT2D eigenvalue weighted by atomic mass is 10.0. The molecule has 0 bridgehead atoms. The zero-order valence-corrected chi connectivity index (χ0v) is 16.6. The number of hydrogen-bond donors (Lipinski definition) is 0. The second-order valence-electron chi connectivity index (χ2n) is 7.52. The van der Waals surface area contributed by atoms with E-state index in [4.69, 9.17) is 0 Å². The van der Waals surface area contributed by atoms with Crippen LogP contribution in [0.2, 0.25) is 0 Å². The number of halogens is 4. The molecule has 2 aromatic carbocycles. The van der Waals surface area contributed by atoms with E-state index < -0.39 is 23.6 Å². The predicted octanol–water partition coefficient (Wildman–Crippen LogP) is 5.15. The Morgan fingerprint density at radius 2 is 1.75 bits per heavy atom. The van der Waals surface area contributed by atoms with Gasteiger partial charge in [0, 0.05) is 23.9 Å². The topological polar surface area (TPSA) is 50.5 Å². The quantitative estimate of drug-likeness (QED) is 0.405. The molecule has 5 nitrogen and oxygen atoms in total. The van der Waals surface area contributed by atoms with Crippen LogP contribution in [-0.2, 0) is 12.6 Å². The van der Waals surface area contributed by atoms with Crippen LogP contribution in [0.4, 0.5) is 23.2 Å². The highest BCUT2D eigenvalue weighted by molar-refractivity contribution is 6.06. The summed E-state index contributed by atoms with van der Waals surface area (Å²) in [6.45, 7) is 0.449. The Bertz CT molecular complexity index is 1330. The minimum Gasteiger partial charge on any atom is -0.307 e. The van der Waals surface area contributed by atoms with Gasteiger partial charge >= 0.3 is 6.18 Å². The fourth-order valence-corrected chi connectivity index (χ4v) is 3.93. The minimum absolute atomic E-state index is 0.00652. The summed E-state index contributed by atoms with van der Waals surface area (Å²) in [7, 11) is 0. The van der Waals surface area contributed by atoms with Gasteiger partial charge < -0.3 is 4.90 Å². The minimum atomic E-state index is -4.74. The van der Waals surface area contributed by atoms with Crippen molar-refractivity contribution in [2.75, 3.05) is 11.4 Å². The van der Waals surface area contributed by atoms with Gasteiger partial charge in [-0.3, -0.25) is 4.79 Å². The lowest BCUT2D eigenvalue weighted by Crippen LogP contribution is -2.35. The van der Waals surface area contributed by atoms with Crippen LogP contribution in [0.5, 0.6) is 0 Å². The first kappa shape index (κ1) is 20.2. The molecule has 9 heteroatoms. The predicted molar refractivity (Wildman–Crippen MR) is 110 cm³/mol. The van der Waals surface area contributed by atoms with Crippen LogP contribution in [0.1, 0.15) is 28.2 Å². The number of aromatic nitrogens is 3. The van der Waals surface area contributed by atoms with Crippen molar-refractivity contribution in [3.8, 4) is 11.3 Å². The van der Waals surface area contributed by atoms with E-state index in [2.05, 4.69) is 10.1 Å². The molecular formula is C23H16F4N4O. The lowest BCUT2D eigenvalue weighted by molar-refractivity contribution is -0.142. The number of nitrogens with zero attached hydrogens (tertiary/aromatic N) is 4. The zero-order valence-electron chi connectivity index (χ0n) is 16.6. The highest BCUT2D eigenvalue weighted by atomic mass is 19.4. The second-order valence-corrected chi connectivity index (χ2v) is 7.52. The molecule has 3 heterocycles. The summed E-state index contributed by atoms with van der Waals surface area (Å²) < 4.78 is 55.3. The van der Waals surface area contributed by atoms with E-state index >= 15 is 0 Å². The Balaban J connectivity index is 1.62. The maximum Gasteiger partial charge on any atom is 0.433 e. The molecule has 1 amide bonds. The summed E-state index contributed by atoms with van der Waals surface area (Å²) in [5, 5.41) is 3.96. The van der Waals surface area contributed by atoms with Crippen LogP contribution >= 0.6 is 0 Å². The highest BCUT2D eigenvalue weighted by Gasteiger charge is 2.36. The largest absolute Gasteiger partial charge is 0.433 e. The monoisotopic (exact) mass is 440 g/mol. The number of benzene rings is 2. The molecule has 0 saturated carbocycles. The van der Waals surface area contributed by atoms with E-state index in [0.29, 0.717) is 16.6 Å². The van der Waals surface area contributed by atoms with Crippen LogP contribution < -0.4 is 4.90 Å². The van der Waals surface area contributed by atoms with Crippen molar-refractivity contribution in [2.45, 2.75) is 19.0 Å². The highest BCUT2D eigenvalue weighted by Crippen LogP contribution is 2.33. The van der Waals surface area contributed by atoms with Gasteiger partial charge in [0.15, 0.2) is 17.0 Å². The van der Waals surface area contributed by atoms with Crippen molar-refractivity contribution in [2.24, 2.45) is 0 Å². The molecule has 0 unspecified atom stereocenters. The van der Waals surface area contributed by atoms with Crippen LogP contribution in [-0.4, -0.2) is 27.0 Å². The summed E-state index contributed by atoms with van der Waals surface area (Å²) in [6.07, 6.45) is -3.16. The standard InChI is InChI=1S/C23H16F4N4O/c24-16-9-7-14(8-10-16)17-12-20(23(25,26)27)31-21(28-17)13-18(29-31)22(32)30-11-3-5-15-4-1-2-6-19(15)30/h1-2,4,6-10,12-13H,3,5,11H2. The van der Waals surface area contributed by atoms with Crippen molar-refractivity contribution in [1.29, 1.82) is 0 Å². The number of fused-ring (bicyclic) bond motifs is 2. The van der Waals surface area contributed by atoms with E-state index in [1.165, 1.54) is 23.1 Å². The van der Waals surface area contributed by atoms with E-state index in [1.54, 1.807) is 0 Å². The Morgan fingerprint density at radius 1 is 1.00 bits per heavy atom. The Morgan fingerprint density at radius 3 is 2.50 bits per heavy atom. The lowest BCUT2D eigenvalue weighted by Gasteiger charge is -2.28. The molecule has 162 valence electrons. The molecule has 0 aliphatic carbocycles. The van der Waals surface area contributed by atoms with Gasteiger partial charge in [-0.1, -0.05) is 18.2 Å². The molecule has 1 aliphatic heterocycles. The maximum atomic E-state index is 13.8. The molecule has 32 heavy (non-hydrogen) atoms. The van der Waals surface area contributed by atoms with Gasteiger partial charge in [-0.05, 0) is 54.8 Å². The van der Waals surface area contributed by atoms with Gasteiger partial charge in [-0.2, -0.15) is 18.3 Å². The number of hydrogen-bond acceptors (Lipinski definition) is 3. The van der Waals surface area contributed by atoms with E-state index in [-0.39, 0.29) is 17.0 Å². The van der Waals surface area contributed by atoms with E-state index in [9.17, 15) is 22.4 Å². The van der Waals surface area contributed by atoms with Gasteiger partial charge in [-0.25, -0.2) is 13.9 Å². The summed E-state index contributed by atoms with van der Waals surface area (Å²) >= 11 is 0. The summed E-state index contributed by atoms with van der Waals surface area (Å²) in [5.74, 6) is -0.996. The summed E-state index contributed by atoms with van der Waals surface area (Å²) in [4.78, 5) is 19.0. The third-order valence-corrected chi connectivity index (χ3v) is 5.43. The van der Waals surface area contributed by atoms with Crippen LogP contribution in [0.3, 0.4) is 0 Å². The summed E-state index contributed by atoms with van der Waals surface area (Å²) in [5.41, 5.74) is 0.745. The zero-order chi connectivity index (χ0) is 22.5. The molecule has 0 radical (unpaired) electrons. The third kappa shape index (κ3) is 3.49. The molecule has 0 saturated heterocycles. The van der Waals surface area contributed by atoms with Crippen LogP contribution in [0, 0.1) is 5.82 Å². The number of aryl methyl sites for hydroxylation is 1. The number of carbonyl (C=O) groups is 1. The average Bonchev–Trinajstić information content (AvgIpc) is 3.21. The molecule has 0 atom stereocenters. The smallest absolute Gasteiger partial charge is 0.307 e. The van der Waals surface area contributed by atoms with Crippen LogP contribution in [0.15, 0.2) is 60.7 Å². The fraction of sp³-hybridized carbons (Fsp3) is 0.174. The average molecular weight is 440 g/mol. The number of anilines is 1. The number of para-hydroxylation sites is 1. The van der Waals surface area contributed by atoms with Crippen molar-refractivity contribution >= 4 is 17.2 Å². The number of carbonyl (C=O) groups excluding carboxylic acids is 1. The molecule has 0 spiro atoms. The number of alkyl halides is 3. The summed E-state index contributed by atoms with van der Waals surface area (Å²) in [6, 6.07) is 14.5. The Labute approximate surface area is 179 Å². The number of amides is 1. The SMILES string of the molecule is O=C(c1cc2nc(-c3ccc(F)cc3)cc(C(F)(F)F)n2n1)N1CCCc2ccccc21. The normalized spacial score (nSPS) is 13.9. The van der Waals surface area contributed by atoms with Crippen molar-refractivity contribution in [1.82, 2.24) is 14.6 Å². The third-order valence-electron chi connectivity index (χ3n) is 5.43. The first-order valence-electron chi connectivity index (χ1n) is 9.95. The molecule has 5 rings (SSSR count). The first-order valence-corrected chi connectivity index (χ1v) is 9.95. The van der Waals surface area contributed by atoms with Crippen molar-refractivity contribution < 1.29 is 22.4 Å². The fourth-order valence-electron chi connectivity index (χ4n) is 3.93. The van der Waals surface area contributed by atoms with Crippen LogP contribution in [0.25, 0.3) is 16.9 Å². The van der Waals surface area contributed by atoms with Gasteiger partial charge in [0.05, 0.1) is 5.69 Å². The second kappa shape index (κ2) is 7.44. The molecule has 1 aliphatic rings. The first-order chi connectivity index (χ1) is 15.3. The van der Waals surface area contributed by atoms with E-state index in [0.717, 1.165) is 42.3 Å². The van der Waals surface area contributed by atoms with Gasteiger partial charge in [-0.15, -0.1) is 0 Å². The molecular weight excluding hydrogens is 424 g/mol. The van der Waals surface area contributed by atoms with E-state index in [1.807, 2.05) is 24.3 Å². The van der Waals surface area contributed by atoms with Gasteiger partial charge in [0.25, 0.3) is 5.91 Å². The molecule has 0 fully saturated rings. The Hall–Kier alpha value is -3.75. The van der Waals surface area contributed by atoms with Gasteiger partial charge in [0.2, 0.25) is 0 Å². The van der Waals surface area contributed by atoms with Gasteiger partial charge in [0.1, 0.15) is 5.82 Å². The van der Waals surface area contributed by atoms with Crippen molar-refractivity contribution in [3.63, 3.8) is 0 Å². The molecule has 2 aromatic heterocycles. The molecule has 4 aromatic rings.